The van der Waals surface area contributed by atoms with Crippen molar-refractivity contribution in [3.05, 3.63) is 108 Å². The number of aliphatic hydroxyl groups excluding tert-OH is 1. The maximum absolute atomic E-state index is 12.6. The van der Waals surface area contributed by atoms with Crippen LogP contribution in [0.4, 0.5) is 0 Å². The van der Waals surface area contributed by atoms with Gasteiger partial charge in [0.2, 0.25) is 0 Å². The molecular formula is C29H32O8. The van der Waals surface area contributed by atoms with Gasteiger partial charge in [-0.1, -0.05) is 91.0 Å². The molecule has 0 spiro atoms. The lowest BCUT2D eigenvalue weighted by Gasteiger charge is -2.37. The van der Waals surface area contributed by atoms with Gasteiger partial charge in [-0.15, -0.1) is 0 Å². The van der Waals surface area contributed by atoms with Gasteiger partial charge in [0.05, 0.1) is 6.61 Å². The molecule has 3 aromatic rings. The summed E-state index contributed by atoms with van der Waals surface area (Å²) in [5.74, 6) is -0.650. The van der Waals surface area contributed by atoms with Gasteiger partial charge in [0.1, 0.15) is 31.4 Å². The van der Waals surface area contributed by atoms with Gasteiger partial charge in [-0.2, -0.15) is 0 Å². The SMILES string of the molecule is COCO[C@H]1[C@H]([C@@H](O)COC(c2ccccc2)(c2ccccc2)c2ccccc2)OC(=O)[C@@H]1OCOC. The van der Waals surface area contributed by atoms with Crippen LogP contribution >= 0.6 is 0 Å². The molecule has 1 N–H and O–H groups in total. The first-order chi connectivity index (χ1) is 18.1. The lowest BCUT2D eigenvalue weighted by molar-refractivity contribution is -0.166. The first kappa shape index (κ1) is 26.9. The Morgan fingerprint density at radius 3 is 1.70 bits per heavy atom. The number of benzene rings is 3. The second-order valence-corrected chi connectivity index (χ2v) is 8.59. The fourth-order valence-corrected chi connectivity index (χ4v) is 4.58. The topological polar surface area (TPSA) is 92.7 Å². The molecule has 4 atom stereocenters. The molecule has 1 aliphatic rings. The van der Waals surface area contributed by atoms with E-state index in [-0.39, 0.29) is 20.2 Å². The van der Waals surface area contributed by atoms with Gasteiger partial charge < -0.3 is 33.5 Å². The minimum absolute atomic E-state index is 0.111. The molecule has 0 radical (unpaired) electrons. The Balaban J connectivity index is 1.67. The van der Waals surface area contributed by atoms with E-state index in [4.69, 9.17) is 28.4 Å². The molecule has 196 valence electrons. The zero-order chi connectivity index (χ0) is 26.1. The second kappa shape index (κ2) is 12.9. The molecule has 1 saturated heterocycles. The van der Waals surface area contributed by atoms with Crippen LogP contribution < -0.4 is 0 Å². The summed E-state index contributed by atoms with van der Waals surface area (Å²) in [7, 11) is 2.91. The molecule has 1 aliphatic heterocycles. The van der Waals surface area contributed by atoms with E-state index in [0.29, 0.717) is 0 Å². The van der Waals surface area contributed by atoms with Crippen LogP contribution in [0.25, 0.3) is 0 Å². The average molecular weight is 509 g/mol. The van der Waals surface area contributed by atoms with E-state index in [1.807, 2.05) is 91.0 Å². The fourth-order valence-electron chi connectivity index (χ4n) is 4.58. The molecule has 1 heterocycles. The number of aliphatic hydroxyl groups is 1. The Bertz CT molecular complexity index is 996. The summed E-state index contributed by atoms with van der Waals surface area (Å²) in [4.78, 5) is 12.6. The number of carbonyl (C=O) groups is 1. The molecule has 0 aromatic heterocycles. The van der Waals surface area contributed by atoms with Crippen molar-refractivity contribution in [2.75, 3.05) is 34.4 Å². The third kappa shape index (κ3) is 5.91. The number of hydrogen-bond acceptors (Lipinski definition) is 8. The van der Waals surface area contributed by atoms with Crippen molar-refractivity contribution >= 4 is 5.97 Å². The summed E-state index contributed by atoms with van der Waals surface area (Å²) >= 11 is 0. The van der Waals surface area contributed by atoms with Crippen LogP contribution in [0.5, 0.6) is 0 Å². The molecule has 0 unspecified atom stereocenters. The number of rotatable bonds is 13. The highest BCUT2D eigenvalue weighted by molar-refractivity contribution is 5.78. The minimum Gasteiger partial charge on any atom is -0.455 e. The molecule has 0 aliphatic carbocycles. The maximum atomic E-state index is 12.6. The predicted octanol–water partition coefficient (Wildman–Crippen LogP) is 3.26. The third-order valence-corrected chi connectivity index (χ3v) is 6.24. The molecule has 0 saturated carbocycles. The summed E-state index contributed by atoms with van der Waals surface area (Å²) in [5.41, 5.74) is 1.62. The number of methoxy groups -OCH3 is 2. The number of hydrogen-bond donors (Lipinski definition) is 1. The monoisotopic (exact) mass is 508 g/mol. The molecule has 8 heteroatoms. The van der Waals surface area contributed by atoms with Gasteiger partial charge in [0, 0.05) is 14.2 Å². The van der Waals surface area contributed by atoms with Crippen molar-refractivity contribution < 1.29 is 38.3 Å². The number of carbonyl (C=O) groups excluding carboxylic acids is 1. The van der Waals surface area contributed by atoms with E-state index in [0.717, 1.165) is 16.7 Å². The van der Waals surface area contributed by atoms with E-state index in [2.05, 4.69) is 0 Å². The Morgan fingerprint density at radius 1 is 0.784 bits per heavy atom. The van der Waals surface area contributed by atoms with E-state index in [1.165, 1.54) is 14.2 Å². The lowest BCUT2D eigenvalue weighted by Crippen LogP contribution is -2.45. The van der Waals surface area contributed by atoms with Crippen LogP contribution in [0.1, 0.15) is 16.7 Å². The van der Waals surface area contributed by atoms with Crippen LogP contribution in [-0.2, 0) is 38.8 Å². The Kier molecular flexibility index (Phi) is 9.40. The molecule has 4 rings (SSSR count). The largest absolute Gasteiger partial charge is 0.455 e. The normalized spacial score (nSPS) is 20.5. The van der Waals surface area contributed by atoms with Gasteiger partial charge in [0.15, 0.2) is 12.2 Å². The Labute approximate surface area is 216 Å². The molecule has 0 amide bonds. The van der Waals surface area contributed by atoms with Gasteiger partial charge in [-0.3, -0.25) is 0 Å². The number of ether oxygens (including phenoxy) is 6. The molecule has 0 bridgehead atoms. The highest BCUT2D eigenvalue weighted by Gasteiger charge is 2.50. The van der Waals surface area contributed by atoms with Gasteiger partial charge in [0.25, 0.3) is 0 Å². The number of esters is 1. The highest BCUT2D eigenvalue weighted by Crippen LogP contribution is 2.41. The summed E-state index contributed by atoms with van der Waals surface area (Å²) in [6.07, 6.45) is -4.25. The van der Waals surface area contributed by atoms with Crippen molar-refractivity contribution in [1.82, 2.24) is 0 Å². The van der Waals surface area contributed by atoms with E-state index < -0.39 is 36.0 Å². The van der Waals surface area contributed by atoms with Crippen molar-refractivity contribution in [1.29, 1.82) is 0 Å². The van der Waals surface area contributed by atoms with E-state index in [9.17, 15) is 9.90 Å². The zero-order valence-corrected chi connectivity index (χ0v) is 20.9. The van der Waals surface area contributed by atoms with Crippen molar-refractivity contribution in [3.63, 3.8) is 0 Å². The summed E-state index contributed by atoms with van der Waals surface area (Å²) in [5, 5.41) is 11.3. The number of cyclic esters (lactones) is 1. The Hall–Kier alpha value is -3.11. The first-order valence-corrected chi connectivity index (χ1v) is 12.0. The van der Waals surface area contributed by atoms with Gasteiger partial charge in [-0.05, 0) is 16.7 Å². The van der Waals surface area contributed by atoms with Crippen molar-refractivity contribution in [2.24, 2.45) is 0 Å². The van der Waals surface area contributed by atoms with Crippen LogP contribution in [0.2, 0.25) is 0 Å². The van der Waals surface area contributed by atoms with Crippen LogP contribution in [0.3, 0.4) is 0 Å². The van der Waals surface area contributed by atoms with Crippen LogP contribution in [-0.4, -0.2) is 69.9 Å². The van der Waals surface area contributed by atoms with Crippen molar-refractivity contribution in [2.45, 2.75) is 30.0 Å². The second-order valence-electron chi connectivity index (χ2n) is 8.59. The molecule has 1 fully saturated rings. The average Bonchev–Trinajstić information content (AvgIpc) is 3.27. The zero-order valence-electron chi connectivity index (χ0n) is 20.9. The van der Waals surface area contributed by atoms with Crippen LogP contribution in [0.15, 0.2) is 91.0 Å². The van der Waals surface area contributed by atoms with E-state index >= 15 is 0 Å². The lowest BCUT2D eigenvalue weighted by atomic mass is 9.80. The van der Waals surface area contributed by atoms with Gasteiger partial charge in [-0.25, -0.2) is 4.79 Å². The first-order valence-electron chi connectivity index (χ1n) is 12.0. The summed E-state index contributed by atoms with van der Waals surface area (Å²) in [6.45, 7) is -0.411. The predicted molar refractivity (Wildman–Crippen MR) is 135 cm³/mol. The molecule has 8 nitrogen and oxygen atoms in total. The minimum atomic E-state index is -1.22. The maximum Gasteiger partial charge on any atom is 0.338 e. The van der Waals surface area contributed by atoms with E-state index in [1.54, 1.807) is 0 Å². The highest BCUT2D eigenvalue weighted by atomic mass is 16.7. The Morgan fingerprint density at radius 2 is 1.24 bits per heavy atom. The van der Waals surface area contributed by atoms with Crippen LogP contribution in [0, 0.1) is 0 Å². The summed E-state index contributed by atoms with van der Waals surface area (Å²) < 4.78 is 33.3. The fraction of sp³-hybridized carbons (Fsp3) is 0.345. The quantitative estimate of drug-likeness (QED) is 0.214. The third-order valence-electron chi connectivity index (χ3n) is 6.24. The molecule has 37 heavy (non-hydrogen) atoms. The molecular weight excluding hydrogens is 476 g/mol. The van der Waals surface area contributed by atoms with Gasteiger partial charge >= 0.3 is 5.97 Å². The smallest absolute Gasteiger partial charge is 0.338 e. The standard InChI is InChI=1S/C29H32O8/c1-32-19-34-26-25(37-28(31)27(26)35-20-33-2)24(30)18-36-29(21-12-6-3-7-13-21,22-14-8-4-9-15-22)23-16-10-5-11-17-23/h3-17,24-27,30H,18-20H2,1-2H3/t24-,25-,26-,27+/m0/s1. The van der Waals surface area contributed by atoms with Crippen molar-refractivity contribution in [3.8, 4) is 0 Å². The molecule has 3 aromatic carbocycles. The summed E-state index contributed by atoms with van der Waals surface area (Å²) in [6, 6.07) is 29.4.